The molecule has 6 rings (SSSR count). The summed E-state index contributed by atoms with van der Waals surface area (Å²) in [7, 11) is 1.34. The number of hydrogen-bond acceptors (Lipinski definition) is 6. The van der Waals surface area contributed by atoms with Gasteiger partial charge in [-0.3, -0.25) is 19.3 Å². The molecule has 11 nitrogen and oxygen atoms in total. The fourth-order valence-electron chi connectivity index (χ4n) is 6.66. The van der Waals surface area contributed by atoms with Gasteiger partial charge >= 0.3 is 6.03 Å². The predicted molar refractivity (Wildman–Crippen MR) is 173 cm³/mol. The van der Waals surface area contributed by atoms with Gasteiger partial charge in [0.1, 0.15) is 23.7 Å². The number of amides is 5. The maximum absolute atomic E-state index is 14.2. The molecule has 4 aromatic rings. The number of urea groups is 1. The number of carbonyl (C=O) groups is 4. The van der Waals surface area contributed by atoms with Crippen LogP contribution in [0, 0.1) is 11.3 Å². The van der Waals surface area contributed by atoms with Crippen molar-refractivity contribution in [2.45, 2.75) is 49.3 Å². The number of carbonyl (C=O) groups excluding carboxylic acids is 4. The first kappa shape index (κ1) is 31.2. The molecular formula is C36H35N7O4. The Morgan fingerprint density at radius 3 is 2.09 bits per heavy atom. The third-order valence-corrected chi connectivity index (χ3v) is 9.04. The smallest absolute Gasteiger partial charge is 0.324 e. The van der Waals surface area contributed by atoms with Crippen molar-refractivity contribution in [1.82, 2.24) is 30.0 Å². The van der Waals surface area contributed by atoms with Crippen LogP contribution in [0.5, 0.6) is 0 Å². The van der Waals surface area contributed by atoms with Gasteiger partial charge in [-0.15, -0.1) is 0 Å². The zero-order chi connectivity index (χ0) is 33.0. The topological polar surface area (TPSA) is 140 Å². The summed E-state index contributed by atoms with van der Waals surface area (Å²) in [5.74, 6) is -1.57. The average Bonchev–Trinajstić information content (AvgIpc) is 3.78. The molecule has 0 radical (unpaired) electrons. The molecule has 11 heteroatoms. The third kappa shape index (κ3) is 5.86. The SMILES string of the molecule is CN1C(=O)CC(C(=O)NC(Cc2cncn2C(c2ccccc2)(c2ccccc2)c2ccccc2)C(=O)N2CCCC2C#N)NC1=O. The number of likely N-dealkylation sites (tertiary alicyclic amines) is 1. The molecule has 1 aromatic heterocycles. The number of aromatic nitrogens is 2. The van der Waals surface area contributed by atoms with E-state index in [0.29, 0.717) is 25.1 Å². The van der Waals surface area contributed by atoms with Gasteiger partial charge in [-0.1, -0.05) is 91.0 Å². The zero-order valence-corrected chi connectivity index (χ0v) is 26.0. The fourth-order valence-corrected chi connectivity index (χ4v) is 6.66. The number of nitrogens with one attached hydrogen (secondary N) is 2. The standard InChI is InChI=1S/C36H35N7O4/c1-41-32(44)21-30(40-35(41)47)33(45)39-31(34(46)42-19-11-18-28(42)22-37)20-29-23-38-24-43(29)36(25-12-5-2-6-13-25,26-14-7-3-8-15-26)27-16-9-4-10-17-27/h2-10,12-17,23-24,28,30-31H,11,18-21H2,1H3,(H,39,45)(H,40,47). The van der Waals surface area contributed by atoms with Crippen molar-refractivity contribution in [3.05, 3.63) is 126 Å². The van der Waals surface area contributed by atoms with Crippen LogP contribution < -0.4 is 10.6 Å². The van der Waals surface area contributed by atoms with Crippen molar-refractivity contribution in [2.24, 2.45) is 0 Å². The van der Waals surface area contributed by atoms with Gasteiger partial charge < -0.3 is 20.1 Å². The molecule has 0 spiro atoms. The quantitative estimate of drug-likeness (QED) is 0.273. The maximum Gasteiger partial charge on any atom is 0.324 e. The average molecular weight is 630 g/mol. The molecule has 2 saturated heterocycles. The lowest BCUT2D eigenvalue weighted by Crippen LogP contribution is -2.61. The summed E-state index contributed by atoms with van der Waals surface area (Å²) in [6.07, 6.45) is 4.41. The molecule has 2 N–H and O–H groups in total. The van der Waals surface area contributed by atoms with E-state index in [9.17, 15) is 24.4 Å². The first-order valence-corrected chi connectivity index (χ1v) is 15.6. The van der Waals surface area contributed by atoms with E-state index < -0.39 is 47.4 Å². The lowest BCUT2D eigenvalue weighted by atomic mass is 9.76. The Labute approximate surface area is 272 Å². The lowest BCUT2D eigenvalue weighted by molar-refractivity contribution is -0.138. The summed E-state index contributed by atoms with van der Waals surface area (Å²) in [4.78, 5) is 59.5. The normalized spacial score (nSPS) is 18.7. The van der Waals surface area contributed by atoms with Crippen molar-refractivity contribution < 1.29 is 19.2 Å². The van der Waals surface area contributed by atoms with Gasteiger partial charge in [-0.05, 0) is 29.5 Å². The Hall–Kier alpha value is -5.76. The first-order valence-electron chi connectivity index (χ1n) is 15.6. The van der Waals surface area contributed by atoms with Gasteiger partial charge in [0, 0.05) is 31.9 Å². The van der Waals surface area contributed by atoms with Crippen LogP contribution >= 0.6 is 0 Å². The number of hydrogen-bond donors (Lipinski definition) is 2. The summed E-state index contributed by atoms with van der Waals surface area (Å²) in [6.45, 7) is 0.383. The van der Waals surface area contributed by atoms with E-state index in [0.717, 1.165) is 21.6 Å². The molecule has 0 saturated carbocycles. The summed E-state index contributed by atoms with van der Waals surface area (Å²) >= 11 is 0. The Balaban J connectivity index is 1.45. The van der Waals surface area contributed by atoms with E-state index in [2.05, 4.69) is 58.1 Å². The second kappa shape index (κ2) is 13.3. The highest BCUT2D eigenvalue weighted by atomic mass is 16.2. The Morgan fingerprint density at radius 2 is 1.55 bits per heavy atom. The minimum Gasteiger partial charge on any atom is -0.342 e. The number of imide groups is 1. The van der Waals surface area contributed by atoms with E-state index in [4.69, 9.17) is 0 Å². The highest BCUT2D eigenvalue weighted by Crippen LogP contribution is 2.41. The maximum atomic E-state index is 14.2. The second-order valence-electron chi connectivity index (χ2n) is 11.8. The molecule has 3 atom stereocenters. The van der Waals surface area contributed by atoms with Crippen LogP contribution in [0.3, 0.4) is 0 Å². The molecule has 2 fully saturated rings. The Kier molecular flexibility index (Phi) is 8.84. The van der Waals surface area contributed by atoms with Crippen LogP contribution in [0.4, 0.5) is 4.79 Å². The van der Waals surface area contributed by atoms with Crippen molar-refractivity contribution in [3.8, 4) is 6.07 Å². The van der Waals surface area contributed by atoms with Gasteiger partial charge in [0.2, 0.25) is 17.7 Å². The largest absolute Gasteiger partial charge is 0.342 e. The van der Waals surface area contributed by atoms with Gasteiger partial charge in [-0.25, -0.2) is 9.78 Å². The summed E-state index contributed by atoms with van der Waals surface area (Å²) in [6, 6.07) is 28.7. The monoisotopic (exact) mass is 629 g/mol. The molecule has 2 aliphatic heterocycles. The van der Waals surface area contributed by atoms with E-state index >= 15 is 0 Å². The van der Waals surface area contributed by atoms with Crippen LogP contribution in [-0.2, 0) is 26.3 Å². The second-order valence-corrected chi connectivity index (χ2v) is 11.8. The van der Waals surface area contributed by atoms with Gasteiger partial charge in [0.15, 0.2) is 0 Å². The predicted octanol–water partition coefficient (Wildman–Crippen LogP) is 3.21. The first-order chi connectivity index (χ1) is 22.8. The molecule has 2 aliphatic rings. The highest BCUT2D eigenvalue weighted by Gasteiger charge is 2.42. The van der Waals surface area contributed by atoms with E-state index in [-0.39, 0.29) is 12.8 Å². The minimum absolute atomic E-state index is 0.0298. The van der Waals surface area contributed by atoms with E-state index in [1.165, 1.54) is 11.9 Å². The van der Waals surface area contributed by atoms with Crippen LogP contribution in [-0.4, -0.2) is 74.8 Å². The van der Waals surface area contributed by atoms with Crippen molar-refractivity contribution >= 4 is 23.8 Å². The molecule has 238 valence electrons. The molecule has 5 amide bonds. The fraction of sp³-hybridized carbons (Fsp3) is 0.278. The highest BCUT2D eigenvalue weighted by molar-refractivity contribution is 6.03. The summed E-state index contributed by atoms with van der Waals surface area (Å²) < 4.78 is 2.03. The lowest BCUT2D eigenvalue weighted by Gasteiger charge is -2.39. The van der Waals surface area contributed by atoms with Gasteiger partial charge in [0.05, 0.1) is 18.8 Å². The zero-order valence-electron chi connectivity index (χ0n) is 26.0. The Morgan fingerprint density at radius 1 is 0.979 bits per heavy atom. The number of nitrogens with zero attached hydrogens (tertiary/aromatic N) is 5. The van der Waals surface area contributed by atoms with Gasteiger partial charge in [-0.2, -0.15) is 5.26 Å². The molecule has 47 heavy (non-hydrogen) atoms. The molecule has 3 heterocycles. The van der Waals surface area contributed by atoms with Crippen LogP contribution in [0.1, 0.15) is 41.6 Å². The third-order valence-electron chi connectivity index (χ3n) is 9.04. The van der Waals surface area contributed by atoms with Gasteiger partial charge in [0.25, 0.3) is 0 Å². The van der Waals surface area contributed by atoms with Crippen molar-refractivity contribution in [2.75, 3.05) is 13.6 Å². The number of imidazole rings is 1. The van der Waals surface area contributed by atoms with Crippen LogP contribution in [0.25, 0.3) is 0 Å². The number of benzene rings is 3. The van der Waals surface area contributed by atoms with Crippen LogP contribution in [0.15, 0.2) is 104 Å². The number of nitriles is 1. The Bertz CT molecular complexity index is 1690. The van der Waals surface area contributed by atoms with Crippen molar-refractivity contribution in [1.29, 1.82) is 5.26 Å². The van der Waals surface area contributed by atoms with Crippen molar-refractivity contribution in [3.63, 3.8) is 0 Å². The molecule has 0 bridgehead atoms. The molecule has 3 aromatic carbocycles. The molecule has 0 aliphatic carbocycles. The summed E-state index contributed by atoms with van der Waals surface area (Å²) in [5, 5.41) is 15.2. The number of rotatable bonds is 9. The van der Waals surface area contributed by atoms with Crippen LogP contribution in [0.2, 0.25) is 0 Å². The summed E-state index contributed by atoms with van der Waals surface area (Å²) in [5.41, 5.74) is 2.61. The van der Waals surface area contributed by atoms with E-state index in [1.807, 2.05) is 59.2 Å². The minimum atomic E-state index is -1.14. The molecule has 3 unspecified atom stereocenters. The van der Waals surface area contributed by atoms with E-state index in [1.54, 1.807) is 12.5 Å². The molecular weight excluding hydrogens is 594 g/mol.